The molecule has 0 saturated carbocycles. The summed E-state index contributed by atoms with van der Waals surface area (Å²) < 4.78 is 43.3. The second-order valence-electron chi connectivity index (χ2n) is 5.24. The molecule has 1 unspecified atom stereocenters. The third-order valence-corrected chi connectivity index (χ3v) is 3.48. The van der Waals surface area contributed by atoms with Gasteiger partial charge in [0.15, 0.2) is 0 Å². The normalized spacial score (nSPS) is 22.3. The number of rotatable bonds is 4. The van der Waals surface area contributed by atoms with Gasteiger partial charge in [0.25, 0.3) is 5.69 Å². The second kappa shape index (κ2) is 5.51. The van der Waals surface area contributed by atoms with Gasteiger partial charge >= 0.3 is 6.18 Å². The number of hydrogen-bond donors (Lipinski definition) is 1. The van der Waals surface area contributed by atoms with Crippen molar-refractivity contribution in [3.8, 4) is 0 Å². The molecule has 116 valence electrons. The minimum absolute atomic E-state index is 0.0599. The predicted octanol–water partition coefficient (Wildman–Crippen LogP) is 3.59. The molecular formula is C13H15F3N2O3. The lowest BCUT2D eigenvalue weighted by Crippen LogP contribution is -2.32. The van der Waals surface area contributed by atoms with E-state index >= 15 is 0 Å². The Bertz CT molecular complexity index is 540. The molecule has 5 nitrogen and oxygen atoms in total. The van der Waals surface area contributed by atoms with Gasteiger partial charge in [0.05, 0.1) is 16.1 Å². The Hall–Kier alpha value is -1.83. The topological polar surface area (TPSA) is 64.4 Å². The monoisotopic (exact) mass is 304 g/mol. The Morgan fingerprint density at radius 3 is 2.71 bits per heavy atom. The fraction of sp³-hybridized carbons (Fsp3) is 0.538. The van der Waals surface area contributed by atoms with Gasteiger partial charge in [-0.3, -0.25) is 10.1 Å². The molecule has 1 aliphatic rings. The van der Waals surface area contributed by atoms with E-state index in [-0.39, 0.29) is 5.69 Å². The van der Waals surface area contributed by atoms with Gasteiger partial charge in [0, 0.05) is 19.2 Å². The molecule has 0 bridgehead atoms. The van der Waals surface area contributed by atoms with Gasteiger partial charge in [-0.15, -0.1) is 0 Å². The number of nitro groups is 1. The maximum Gasteiger partial charge on any atom is 0.416 e. The average molecular weight is 304 g/mol. The zero-order chi connectivity index (χ0) is 15.7. The number of nitro benzene ring substituents is 1. The number of hydrogen-bond acceptors (Lipinski definition) is 4. The van der Waals surface area contributed by atoms with Gasteiger partial charge < -0.3 is 10.1 Å². The summed E-state index contributed by atoms with van der Waals surface area (Å²) in [4.78, 5) is 10.1. The van der Waals surface area contributed by atoms with Crippen LogP contribution >= 0.6 is 0 Å². The zero-order valence-electron chi connectivity index (χ0n) is 11.4. The number of alkyl halides is 3. The van der Waals surface area contributed by atoms with E-state index in [2.05, 4.69) is 5.32 Å². The molecule has 1 saturated heterocycles. The lowest BCUT2D eigenvalue weighted by molar-refractivity contribution is -0.384. The van der Waals surface area contributed by atoms with Crippen molar-refractivity contribution in [1.29, 1.82) is 0 Å². The van der Waals surface area contributed by atoms with Crippen molar-refractivity contribution in [1.82, 2.24) is 0 Å². The van der Waals surface area contributed by atoms with Crippen molar-refractivity contribution >= 4 is 11.4 Å². The van der Waals surface area contributed by atoms with Gasteiger partial charge in [-0.05, 0) is 31.9 Å². The molecule has 1 atom stereocenters. The highest BCUT2D eigenvalue weighted by molar-refractivity contribution is 5.63. The fourth-order valence-electron chi connectivity index (χ4n) is 2.27. The third-order valence-electron chi connectivity index (χ3n) is 3.48. The molecule has 1 heterocycles. The van der Waals surface area contributed by atoms with Crippen LogP contribution in [0.1, 0.15) is 25.3 Å². The van der Waals surface area contributed by atoms with E-state index in [0.717, 1.165) is 25.0 Å². The Labute approximate surface area is 119 Å². The summed E-state index contributed by atoms with van der Waals surface area (Å²) in [6.45, 7) is 2.79. The molecule has 0 aliphatic carbocycles. The smallest absolute Gasteiger partial charge is 0.377 e. The van der Waals surface area contributed by atoms with Crippen molar-refractivity contribution in [3.05, 3.63) is 33.9 Å². The molecule has 0 spiro atoms. The fourth-order valence-corrected chi connectivity index (χ4v) is 2.27. The molecule has 1 aromatic carbocycles. The zero-order valence-corrected chi connectivity index (χ0v) is 11.4. The van der Waals surface area contributed by atoms with Crippen LogP contribution in [-0.2, 0) is 10.9 Å². The molecule has 0 radical (unpaired) electrons. The van der Waals surface area contributed by atoms with Crippen LogP contribution in [0.25, 0.3) is 0 Å². The van der Waals surface area contributed by atoms with Crippen LogP contribution in [0.4, 0.5) is 24.5 Å². The summed E-state index contributed by atoms with van der Waals surface area (Å²) in [6.07, 6.45) is -2.91. The van der Waals surface area contributed by atoms with Crippen LogP contribution < -0.4 is 5.32 Å². The molecule has 8 heteroatoms. The number of nitrogens with zero attached hydrogens (tertiary/aromatic N) is 1. The summed E-state index contributed by atoms with van der Waals surface area (Å²) in [5, 5.41) is 13.8. The van der Waals surface area contributed by atoms with Crippen molar-refractivity contribution in [2.45, 2.75) is 31.5 Å². The molecule has 2 rings (SSSR count). The number of halogens is 3. The van der Waals surface area contributed by atoms with E-state index in [1.165, 1.54) is 0 Å². The largest absolute Gasteiger partial charge is 0.416 e. The summed E-state index contributed by atoms with van der Waals surface area (Å²) in [5.74, 6) is 0. The molecule has 21 heavy (non-hydrogen) atoms. The molecule has 1 aliphatic heterocycles. The standard InChI is InChI=1S/C13H15F3N2O3/c1-12(5-2-6-21-12)8-17-10-4-3-9(13(14,15)16)7-11(10)18(19)20/h3-4,7,17H,2,5-6,8H2,1H3. The SMILES string of the molecule is CC1(CNc2ccc(C(F)(F)F)cc2[N+](=O)[O-])CCCO1. The molecule has 0 amide bonds. The minimum atomic E-state index is -4.61. The molecule has 1 aromatic rings. The van der Waals surface area contributed by atoms with Gasteiger partial charge in [-0.1, -0.05) is 0 Å². The summed E-state index contributed by atoms with van der Waals surface area (Å²) in [6, 6.07) is 2.45. The van der Waals surface area contributed by atoms with E-state index in [4.69, 9.17) is 4.74 Å². The lowest BCUT2D eigenvalue weighted by atomic mass is 10.0. The average Bonchev–Trinajstić information content (AvgIpc) is 2.82. The van der Waals surface area contributed by atoms with E-state index in [1.54, 1.807) is 0 Å². The highest BCUT2D eigenvalue weighted by atomic mass is 19.4. The molecule has 1 N–H and O–H groups in total. The number of ether oxygens (including phenoxy) is 1. The first kappa shape index (κ1) is 15.6. The summed E-state index contributed by atoms with van der Waals surface area (Å²) >= 11 is 0. The van der Waals surface area contributed by atoms with E-state index in [9.17, 15) is 23.3 Å². The van der Waals surface area contributed by atoms with Crippen LogP contribution in [0.15, 0.2) is 18.2 Å². The lowest BCUT2D eigenvalue weighted by Gasteiger charge is -2.24. The van der Waals surface area contributed by atoms with Gasteiger partial charge in [-0.25, -0.2) is 0 Å². The molecule has 0 aromatic heterocycles. The molecule has 1 fully saturated rings. The summed E-state index contributed by atoms with van der Waals surface area (Å²) in [7, 11) is 0. The van der Waals surface area contributed by atoms with Gasteiger partial charge in [-0.2, -0.15) is 13.2 Å². The van der Waals surface area contributed by atoms with Gasteiger partial charge in [0.2, 0.25) is 0 Å². The summed E-state index contributed by atoms with van der Waals surface area (Å²) in [5.41, 5.74) is -2.02. The first-order valence-electron chi connectivity index (χ1n) is 6.45. The van der Waals surface area contributed by atoms with Gasteiger partial charge in [0.1, 0.15) is 5.69 Å². The van der Waals surface area contributed by atoms with Crippen LogP contribution in [-0.4, -0.2) is 23.7 Å². The highest BCUT2D eigenvalue weighted by Gasteiger charge is 2.34. The van der Waals surface area contributed by atoms with Crippen LogP contribution in [0.2, 0.25) is 0 Å². The predicted molar refractivity (Wildman–Crippen MR) is 70.2 cm³/mol. The van der Waals surface area contributed by atoms with Crippen LogP contribution in [0.5, 0.6) is 0 Å². The van der Waals surface area contributed by atoms with E-state index in [1.807, 2.05) is 6.92 Å². The first-order valence-corrected chi connectivity index (χ1v) is 6.45. The van der Waals surface area contributed by atoms with Crippen molar-refractivity contribution in [3.63, 3.8) is 0 Å². The Morgan fingerprint density at radius 2 is 2.19 bits per heavy atom. The minimum Gasteiger partial charge on any atom is -0.377 e. The Balaban J connectivity index is 2.21. The van der Waals surface area contributed by atoms with E-state index < -0.39 is 28.0 Å². The second-order valence-corrected chi connectivity index (χ2v) is 5.24. The van der Waals surface area contributed by atoms with Crippen LogP contribution in [0.3, 0.4) is 0 Å². The maximum atomic E-state index is 12.6. The number of nitrogens with one attached hydrogen (secondary N) is 1. The number of anilines is 1. The highest BCUT2D eigenvalue weighted by Crippen LogP contribution is 2.35. The van der Waals surface area contributed by atoms with Crippen molar-refractivity contribution in [2.75, 3.05) is 18.5 Å². The Kier molecular flexibility index (Phi) is 4.08. The molecular weight excluding hydrogens is 289 g/mol. The first-order chi connectivity index (χ1) is 9.71. The van der Waals surface area contributed by atoms with Crippen LogP contribution in [0, 0.1) is 10.1 Å². The third kappa shape index (κ3) is 3.63. The quantitative estimate of drug-likeness (QED) is 0.682. The van der Waals surface area contributed by atoms with E-state index in [0.29, 0.717) is 19.2 Å². The maximum absolute atomic E-state index is 12.6. The van der Waals surface area contributed by atoms with Crippen molar-refractivity contribution in [2.24, 2.45) is 0 Å². The Morgan fingerprint density at radius 1 is 1.48 bits per heavy atom. The van der Waals surface area contributed by atoms with Crippen molar-refractivity contribution < 1.29 is 22.8 Å². The number of benzene rings is 1.